The number of hydrogen-bond acceptors (Lipinski definition) is 1. The molecule has 0 aromatic heterocycles. The van der Waals surface area contributed by atoms with E-state index in [1.807, 2.05) is 13.8 Å². The molecule has 1 rings (SSSR count). The quantitative estimate of drug-likeness (QED) is 0.505. The minimum atomic E-state index is 0. The molecule has 0 aromatic carbocycles. The van der Waals surface area contributed by atoms with Crippen molar-refractivity contribution in [1.82, 2.24) is 5.32 Å². The molecule has 3 nitrogen and oxygen atoms in total. The van der Waals surface area contributed by atoms with Gasteiger partial charge in [0.15, 0.2) is 0 Å². The van der Waals surface area contributed by atoms with E-state index in [2.05, 4.69) is 47.2 Å². The fraction of sp³-hybridized carbons (Fsp3) is 0.733. The Morgan fingerprint density at radius 1 is 0.947 bits per heavy atom. The van der Waals surface area contributed by atoms with Crippen molar-refractivity contribution >= 4 is 0 Å². The monoisotopic (exact) mass is 433 g/mol. The summed E-state index contributed by atoms with van der Waals surface area (Å²) in [4.78, 5) is 0. The fourth-order valence-corrected chi connectivity index (χ4v) is 1.12. The molecular formula is C15H31HfN3-2. The van der Waals surface area contributed by atoms with Gasteiger partial charge < -0.3 is 16.0 Å². The molecule has 0 saturated carbocycles. The van der Waals surface area contributed by atoms with Crippen molar-refractivity contribution in [3.8, 4) is 0 Å². The fourth-order valence-electron chi connectivity index (χ4n) is 1.12. The Balaban J connectivity index is -0.000000242. The van der Waals surface area contributed by atoms with E-state index < -0.39 is 0 Å². The van der Waals surface area contributed by atoms with Gasteiger partial charge in [0.1, 0.15) is 0 Å². The smallest absolute Gasteiger partial charge is 0 e. The molecule has 112 valence electrons. The number of rotatable bonds is 6. The van der Waals surface area contributed by atoms with Gasteiger partial charge in [-0.15, -0.1) is 0 Å². The van der Waals surface area contributed by atoms with Crippen LogP contribution in [0.3, 0.4) is 0 Å². The largest absolute Gasteiger partial charge is 0.665 e. The van der Waals surface area contributed by atoms with Gasteiger partial charge in [-0.05, 0) is 25.4 Å². The van der Waals surface area contributed by atoms with Crippen molar-refractivity contribution in [3.05, 3.63) is 34.9 Å². The molecule has 1 N–H and O–H groups in total. The maximum atomic E-state index is 3.74. The van der Waals surface area contributed by atoms with E-state index in [9.17, 15) is 0 Å². The molecule has 0 bridgehead atoms. The Labute approximate surface area is 139 Å². The summed E-state index contributed by atoms with van der Waals surface area (Å²) in [5, 5.41) is 10.8. The Bertz CT molecular complexity index is 174. The second-order valence-electron chi connectivity index (χ2n) is 3.84. The zero-order valence-electron chi connectivity index (χ0n) is 13.3. The van der Waals surface area contributed by atoms with Crippen LogP contribution in [0.1, 0.15) is 27.2 Å². The van der Waals surface area contributed by atoms with Crippen LogP contribution < -0.4 is 5.32 Å². The van der Waals surface area contributed by atoms with Gasteiger partial charge in [0.05, 0.1) is 0 Å². The van der Waals surface area contributed by atoms with Crippen LogP contribution in [0.25, 0.3) is 10.6 Å². The number of nitrogens with one attached hydrogen (secondary N) is 1. The van der Waals surface area contributed by atoms with Crippen LogP contribution in [0.5, 0.6) is 0 Å². The molecular weight excluding hydrogens is 401 g/mol. The van der Waals surface area contributed by atoms with E-state index in [-0.39, 0.29) is 25.8 Å². The van der Waals surface area contributed by atoms with Gasteiger partial charge in [-0.25, -0.2) is 0 Å². The van der Waals surface area contributed by atoms with Crippen molar-refractivity contribution in [2.75, 3.05) is 40.3 Å². The van der Waals surface area contributed by atoms with Gasteiger partial charge >= 0.3 is 0 Å². The molecule has 0 saturated heterocycles. The first-order chi connectivity index (χ1) is 8.76. The van der Waals surface area contributed by atoms with Gasteiger partial charge in [-0.3, -0.25) is 0 Å². The van der Waals surface area contributed by atoms with Gasteiger partial charge in [-0.2, -0.15) is 27.2 Å². The molecule has 0 aromatic rings. The molecule has 1 aliphatic rings. The van der Waals surface area contributed by atoms with Gasteiger partial charge in [0, 0.05) is 25.8 Å². The van der Waals surface area contributed by atoms with Crippen LogP contribution >= 0.6 is 0 Å². The molecule has 0 spiro atoms. The molecule has 4 heteroatoms. The molecule has 1 aliphatic carbocycles. The van der Waals surface area contributed by atoms with Crippen LogP contribution in [-0.4, -0.2) is 40.3 Å². The molecule has 0 fully saturated rings. The summed E-state index contributed by atoms with van der Waals surface area (Å²) < 4.78 is 0. The van der Waals surface area contributed by atoms with Crippen LogP contribution in [0.4, 0.5) is 0 Å². The third kappa shape index (κ3) is 23.7. The second-order valence-corrected chi connectivity index (χ2v) is 3.84. The molecule has 0 aliphatic heterocycles. The standard InChI is InChI=1S/C9H15N.2C3H8N.Hf/c1-2-10-8-7-9-5-3-4-6-9;2*1-3-4-2;/h3-6,9-10H,2,7-8H2,1H3;2*3H2,1-2H3;/q;2*-1;. The average molecular weight is 432 g/mol. The zero-order chi connectivity index (χ0) is 14.1. The minimum Gasteiger partial charge on any atom is -0.665 e. The number of allylic oxidation sites excluding steroid dienone is 4. The van der Waals surface area contributed by atoms with E-state index in [0.29, 0.717) is 5.92 Å². The van der Waals surface area contributed by atoms with E-state index in [1.165, 1.54) is 6.42 Å². The van der Waals surface area contributed by atoms with Crippen molar-refractivity contribution < 1.29 is 25.8 Å². The minimum absolute atomic E-state index is 0. The third-order valence-corrected chi connectivity index (χ3v) is 2.36. The molecule has 0 amide bonds. The summed E-state index contributed by atoms with van der Waals surface area (Å²) in [6.07, 6.45) is 9.97. The molecule has 0 atom stereocenters. The Hall–Kier alpha value is 0.230. The van der Waals surface area contributed by atoms with Crippen molar-refractivity contribution in [1.29, 1.82) is 0 Å². The molecule has 19 heavy (non-hydrogen) atoms. The van der Waals surface area contributed by atoms with Crippen molar-refractivity contribution in [2.24, 2.45) is 5.92 Å². The third-order valence-electron chi connectivity index (χ3n) is 2.36. The van der Waals surface area contributed by atoms with Crippen LogP contribution in [0, 0.1) is 5.92 Å². The van der Waals surface area contributed by atoms with Crippen molar-refractivity contribution in [2.45, 2.75) is 27.2 Å². The summed E-state index contributed by atoms with van der Waals surface area (Å²) in [6, 6.07) is 0. The first kappa shape index (κ1) is 24.3. The SMILES string of the molecule is CCNCCC1C=CC=C1.CC[N-]C.CC[N-]C.[Hf]. The maximum absolute atomic E-state index is 3.74. The van der Waals surface area contributed by atoms with Crippen molar-refractivity contribution in [3.63, 3.8) is 0 Å². The van der Waals surface area contributed by atoms with Crippen LogP contribution in [-0.2, 0) is 25.8 Å². The number of nitrogens with zero attached hydrogens (tertiary/aromatic N) is 2. The van der Waals surface area contributed by atoms with E-state index in [4.69, 9.17) is 0 Å². The molecule has 0 radical (unpaired) electrons. The second kappa shape index (κ2) is 23.3. The summed E-state index contributed by atoms with van der Waals surface area (Å²) in [7, 11) is 3.61. The predicted molar refractivity (Wildman–Crippen MR) is 84.6 cm³/mol. The molecule has 0 unspecified atom stereocenters. The Morgan fingerprint density at radius 2 is 1.37 bits per heavy atom. The summed E-state index contributed by atoms with van der Waals surface area (Å²) in [5.74, 6) is 0.694. The summed E-state index contributed by atoms with van der Waals surface area (Å²) in [5.41, 5.74) is 0. The first-order valence-corrected chi connectivity index (χ1v) is 6.93. The molecule has 0 heterocycles. The number of hydrogen-bond donors (Lipinski definition) is 1. The van der Waals surface area contributed by atoms with Gasteiger partial charge in [0.2, 0.25) is 0 Å². The Morgan fingerprint density at radius 3 is 1.68 bits per heavy atom. The first-order valence-electron chi connectivity index (χ1n) is 6.93. The summed E-state index contributed by atoms with van der Waals surface area (Å²) in [6.45, 7) is 10.3. The zero-order valence-corrected chi connectivity index (χ0v) is 16.9. The van der Waals surface area contributed by atoms with E-state index in [1.54, 1.807) is 14.1 Å². The van der Waals surface area contributed by atoms with Crippen LogP contribution in [0.2, 0.25) is 0 Å². The topological polar surface area (TPSA) is 40.2 Å². The normalized spacial score (nSPS) is 12.1. The van der Waals surface area contributed by atoms with E-state index in [0.717, 1.165) is 26.2 Å². The predicted octanol–water partition coefficient (Wildman–Crippen LogP) is 3.75. The maximum Gasteiger partial charge on any atom is 0 e. The Kier molecular flexibility index (Phi) is 29.8. The van der Waals surface area contributed by atoms with Gasteiger partial charge in [0.25, 0.3) is 0 Å². The summed E-state index contributed by atoms with van der Waals surface area (Å²) >= 11 is 0. The van der Waals surface area contributed by atoms with Crippen LogP contribution in [0.15, 0.2) is 24.3 Å². The van der Waals surface area contributed by atoms with Gasteiger partial charge in [-0.1, -0.05) is 45.1 Å². The average Bonchev–Trinajstić information content (AvgIpc) is 2.93. The van der Waals surface area contributed by atoms with E-state index >= 15 is 0 Å².